The van der Waals surface area contributed by atoms with Crippen LogP contribution in [0.1, 0.15) is 12.5 Å². The molecule has 4 heteroatoms. The number of aliphatic hydroxyl groups is 1. The zero-order valence-corrected chi connectivity index (χ0v) is 8.81. The number of benzene rings is 1. The van der Waals surface area contributed by atoms with Crippen molar-refractivity contribution >= 4 is 15.9 Å². The molecule has 1 rings (SSSR count). The first-order valence-corrected chi connectivity index (χ1v) is 4.64. The van der Waals surface area contributed by atoms with Crippen molar-refractivity contribution in [2.45, 2.75) is 12.5 Å². The van der Waals surface area contributed by atoms with Crippen LogP contribution in [-0.4, -0.2) is 11.7 Å². The van der Waals surface area contributed by atoms with Crippen molar-refractivity contribution in [1.82, 2.24) is 0 Å². The molecule has 0 radical (unpaired) electrons. The van der Waals surface area contributed by atoms with Gasteiger partial charge >= 0.3 is 0 Å². The Morgan fingerprint density at radius 3 is 2.69 bits per heavy atom. The molecule has 0 heterocycles. The van der Waals surface area contributed by atoms with Gasteiger partial charge in [-0.25, -0.2) is 4.39 Å². The van der Waals surface area contributed by atoms with Gasteiger partial charge in [0, 0.05) is 6.54 Å². The Hall–Kier alpha value is -0.450. The fourth-order valence-corrected chi connectivity index (χ4v) is 1.20. The molecule has 1 aromatic rings. The van der Waals surface area contributed by atoms with E-state index in [4.69, 9.17) is 5.73 Å². The van der Waals surface area contributed by atoms with E-state index in [0.717, 1.165) is 0 Å². The summed E-state index contributed by atoms with van der Waals surface area (Å²) in [6.07, 6.45) is 0. The van der Waals surface area contributed by atoms with E-state index in [-0.39, 0.29) is 6.54 Å². The quantitative estimate of drug-likeness (QED) is 0.837. The van der Waals surface area contributed by atoms with E-state index in [1.807, 2.05) is 0 Å². The van der Waals surface area contributed by atoms with E-state index < -0.39 is 11.4 Å². The number of hydrogen-bond donors (Lipinski definition) is 2. The molecule has 1 aromatic carbocycles. The molecule has 0 saturated heterocycles. The van der Waals surface area contributed by atoms with Crippen molar-refractivity contribution in [3.05, 3.63) is 34.1 Å². The first kappa shape index (κ1) is 10.6. The number of nitrogens with two attached hydrogens (primary N) is 1. The molecule has 0 amide bonds. The predicted octanol–water partition coefficient (Wildman–Crippen LogP) is 1.75. The van der Waals surface area contributed by atoms with Gasteiger partial charge in [-0.15, -0.1) is 0 Å². The average Bonchev–Trinajstić information content (AvgIpc) is 2.09. The van der Waals surface area contributed by atoms with Gasteiger partial charge in [-0.05, 0) is 40.5 Å². The third-order valence-corrected chi connectivity index (χ3v) is 2.58. The summed E-state index contributed by atoms with van der Waals surface area (Å²) in [5, 5.41) is 9.70. The molecule has 0 aliphatic heterocycles. The summed E-state index contributed by atoms with van der Waals surface area (Å²) in [5.41, 5.74) is 4.66. The van der Waals surface area contributed by atoms with Gasteiger partial charge in [0.05, 0.1) is 10.1 Å². The Balaban J connectivity index is 3.10. The molecule has 72 valence electrons. The minimum atomic E-state index is -1.17. The monoisotopic (exact) mass is 247 g/mol. The van der Waals surface area contributed by atoms with E-state index in [0.29, 0.717) is 10.0 Å². The van der Waals surface area contributed by atoms with Gasteiger partial charge in [-0.3, -0.25) is 0 Å². The standard InChI is InChI=1S/C9H11BrFNO/c1-9(13,5-12)6-2-3-7(10)8(11)4-6/h2-4,13H,5,12H2,1H3. The Morgan fingerprint density at radius 1 is 1.62 bits per heavy atom. The third kappa shape index (κ3) is 2.27. The maximum absolute atomic E-state index is 13.0. The molecule has 0 aliphatic carbocycles. The van der Waals surface area contributed by atoms with Gasteiger partial charge in [0.15, 0.2) is 0 Å². The predicted molar refractivity (Wildman–Crippen MR) is 52.7 cm³/mol. The molecule has 2 nitrogen and oxygen atoms in total. The lowest BCUT2D eigenvalue weighted by Gasteiger charge is -2.21. The second-order valence-electron chi connectivity index (χ2n) is 3.11. The number of rotatable bonds is 2. The van der Waals surface area contributed by atoms with Crippen molar-refractivity contribution in [3.63, 3.8) is 0 Å². The summed E-state index contributed by atoms with van der Waals surface area (Å²) in [4.78, 5) is 0. The van der Waals surface area contributed by atoms with Crippen molar-refractivity contribution in [1.29, 1.82) is 0 Å². The minimum absolute atomic E-state index is 0.0636. The number of hydrogen-bond acceptors (Lipinski definition) is 2. The highest BCUT2D eigenvalue weighted by Crippen LogP contribution is 2.23. The lowest BCUT2D eigenvalue weighted by Crippen LogP contribution is -2.31. The Labute approximate surface area is 84.7 Å². The minimum Gasteiger partial charge on any atom is -0.384 e. The van der Waals surface area contributed by atoms with E-state index in [9.17, 15) is 9.50 Å². The van der Waals surface area contributed by atoms with Gasteiger partial charge < -0.3 is 10.8 Å². The van der Waals surface area contributed by atoms with Crippen LogP contribution in [0.5, 0.6) is 0 Å². The SMILES string of the molecule is CC(O)(CN)c1ccc(Br)c(F)c1. The van der Waals surface area contributed by atoms with Gasteiger partial charge in [-0.1, -0.05) is 6.07 Å². The van der Waals surface area contributed by atoms with E-state index in [1.54, 1.807) is 19.1 Å². The van der Waals surface area contributed by atoms with Crippen LogP contribution in [0.15, 0.2) is 22.7 Å². The maximum atomic E-state index is 13.0. The summed E-state index contributed by atoms with van der Waals surface area (Å²) in [5.74, 6) is -0.397. The van der Waals surface area contributed by atoms with Crippen LogP contribution in [0.3, 0.4) is 0 Å². The molecule has 0 aromatic heterocycles. The Kier molecular flexibility index (Phi) is 3.05. The van der Waals surface area contributed by atoms with E-state index in [2.05, 4.69) is 15.9 Å². The molecule has 0 saturated carbocycles. The molecule has 0 spiro atoms. The van der Waals surface area contributed by atoms with Crippen LogP contribution in [0, 0.1) is 5.82 Å². The normalized spacial score (nSPS) is 15.5. The molecular weight excluding hydrogens is 237 g/mol. The van der Waals surface area contributed by atoms with Crippen molar-refractivity contribution in [2.24, 2.45) is 5.73 Å². The molecule has 3 N–H and O–H groups in total. The topological polar surface area (TPSA) is 46.2 Å². The van der Waals surface area contributed by atoms with Crippen LogP contribution < -0.4 is 5.73 Å². The fourth-order valence-electron chi connectivity index (χ4n) is 0.949. The first-order valence-electron chi connectivity index (χ1n) is 3.85. The highest BCUT2D eigenvalue weighted by atomic mass is 79.9. The average molecular weight is 248 g/mol. The lowest BCUT2D eigenvalue weighted by atomic mass is 9.96. The number of halogens is 2. The zero-order chi connectivity index (χ0) is 10.1. The largest absolute Gasteiger partial charge is 0.384 e. The second kappa shape index (κ2) is 3.74. The van der Waals surface area contributed by atoms with Crippen LogP contribution in [-0.2, 0) is 5.60 Å². The van der Waals surface area contributed by atoms with Crippen LogP contribution in [0.2, 0.25) is 0 Å². The van der Waals surface area contributed by atoms with Crippen LogP contribution in [0.4, 0.5) is 4.39 Å². The molecule has 0 fully saturated rings. The van der Waals surface area contributed by atoms with Gasteiger partial charge in [0.25, 0.3) is 0 Å². The highest BCUT2D eigenvalue weighted by molar-refractivity contribution is 9.10. The Morgan fingerprint density at radius 2 is 2.23 bits per heavy atom. The summed E-state index contributed by atoms with van der Waals surface area (Å²) in [6, 6.07) is 4.46. The molecular formula is C9H11BrFNO. The molecule has 1 unspecified atom stereocenters. The maximum Gasteiger partial charge on any atom is 0.137 e. The van der Waals surface area contributed by atoms with Gasteiger partial charge in [-0.2, -0.15) is 0 Å². The van der Waals surface area contributed by atoms with Crippen molar-refractivity contribution in [2.75, 3.05) is 6.54 Å². The highest BCUT2D eigenvalue weighted by Gasteiger charge is 2.21. The molecule has 0 aliphatic rings. The first-order chi connectivity index (χ1) is 5.97. The fraction of sp³-hybridized carbons (Fsp3) is 0.333. The smallest absolute Gasteiger partial charge is 0.137 e. The summed E-state index contributed by atoms with van der Waals surface area (Å²) in [7, 11) is 0. The van der Waals surface area contributed by atoms with E-state index in [1.165, 1.54) is 6.07 Å². The third-order valence-electron chi connectivity index (χ3n) is 1.94. The van der Waals surface area contributed by atoms with Crippen molar-refractivity contribution in [3.8, 4) is 0 Å². The summed E-state index contributed by atoms with van der Waals surface area (Å²) >= 11 is 3.03. The van der Waals surface area contributed by atoms with Crippen LogP contribution in [0.25, 0.3) is 0 Å². The lowest BCUT2D eigenvalue weighted by molar-refractivity contribution is 0.0665. The Bertz CT molecular complexity index is 314. The van der Waals surface area contributed by atoms with Gasteiger partial charge in [0.1, 0.15) is 5.82 Å². The van der Waals surface area contributed by atoms with Crippen LogP contribution >= 0.6 is 15.9 Å². The molecule has 1 atom stereocenters. The summed E-state index contributed by atoms with van der Waals surface area (Å²) in [6.45, 7) is 1.61. The van der Waals surface area contributed by atoms with E-state index >= 15 is 0 Å². The molecule has 0 bridgehead atoms. The summed E-state index contributed by atoms with van der Waals surface area (Å²) < 4.78 is 13.4. The van der Waals surface area contributed by atoms with Crippen molar-refractivity contribution < 1.29 is 9.50 Å². The second-order valence-corrected chi connectivity index (χ2v) is 3.96. The molecule has 13 heavy (non-hydrogen) atoms. The van der Waals surface area contributed by atoms with Gasteiger partial charge in [0.2, 0.25) is 0 Å². The zero-order valence-electron chi connectivity index (χ0n) is 7.22.